The Morgan fingerprint density at radius 3 is 1.83 bits per heavy atom. The first-order valence-corrected chi connectivity index (χ1v) is 7.87. The average Bonchev–Trinajstić information content (AvgIpc) is 2.39. The van der Waals surface area contributed by atoms with E-state index in [1.54, 1.807) is 0 Å². The van der Waals surface area contributed by atoms with E-state index in [0.717, 1.165) is 15.4 Å². The van der Waals surface area contributed by atoms with Crippen LogP contribution >= 0.6 is 43.5 Å². The molecule has 0 aliphatic rings. The SMILES string of the molecule is ClCC(Cc1ccc(Br)cc1)c1ccc(Br)cc1. The summed E-state index contributed by atoms with van der Waals surface area (Å²) in [5.41, 5.74) is 2.60. The van der Waals surface area contributed by atoms with Gasteiger partial charge in [-0.05, 0) is 41.8 Å². The highest BCUT2D eigenvalue weighted by Crippen LogP contribution is 2.24. The van der Waals surface area contributed by atoms with Gasteiger partial charge < -0.3 is 0 Å². The van der Waals surface area contributed by atoms with E-state index in [0.29, 0.717) is 11.8 Å². The van der Waals surface area contributed by atoms with E-state index in [1.165, 1.54) is 11.1 Å². The zero-order valence-electron chi connectivity index (χ0n) is 9.74. The van der Waals surface area contributed by atoms with E-state index in [9.17, 15) is 0 Å². The second-order valence-corrected chi connectivity index (χ2v) is 6.37. The largest absolute Gasteiger partial charge is 0.126 e. The molecular formula is C15H13Br2Cl. The molecule has 0 spiro atoms. The van der Waals surface area contributed by atoms with Crippen molar-refractivity contribution in [2.75, 3.05) is 5.88 Å². The van der Waals surface area contributed by atoms with Gasteiger partial charge in [0.25, 0.3) is 0 Å². The van der Waals surface area contributed by atoms with E-state index in [2.05, 4.69) is 80.4 Å². The molecule has 0 aliphatic heterocycles. The van der Waals surface area contributed by atoms with Crippen molar-refractivity contribution in [2.24, 2.45) is 0 Å². The smallest absolute Gasteiger partial charge is 0.0295 e. The molecule has 0 heterocycles. The van der Waals surface area contributed by atoms with Crippen LogP contribution in [0.2, 0.25) is 0 Å². The first-order valence-electron chi connectivity index (χ1n) is 5.75. The second kappa shape index (κ2) is 6.74. The van der Waals surface area contributed by atoms with E-state index < -0.39 is 0 Å². The molecule has 0 aliphatic carbocycles. The fraction of sp³-hybridized carbons (Fsp3) is 0.200. The summed E-state index contributed by atoms with van der Waals surface area (Å²) < 4.78 is 2.21. The Labute approximate surface area is 130 Å². The topological polar surface area (TPSA) is 0 Å². The van der Waals surface area contributed by atoms with Crippen LogP contribution in [0.4, 0.5) is 0 Å². The van der Waals surface area contributed by atoms with Crippen molar-refractivity contribution >= 4 is 43.5 Å². The lowest BCUT2D eigenvalue weighted by molar-refractivity contribution is 0.766. The van der Waals surface area contributed by atoms with Crippen LogP contribution in [0.5, 0.6) is 0 Å². The first-order chi connectivity index (χ1) is 8.69. The summed E-state index contributed by atoms with van der Waals surface area (Å²) in [7, 11) is 0. The first kappa shape index (κ1) is 14.1. The Kier molecular flexibility index (Phi) is 5.28. The summed E-state index contributed by atoms with van der Waals surface area (Å²) in [6, 6.07) is 16.8. The Bertz CT molecular complexity index is 491. The molecule has 0 amide bonds. The van der Waals surface area contributed by atoms with Crippen LogP contribution in [0.3, 0.4) is 0 Å². The molecule has 1 atom stereocenters. The van der Waals surface area contributed by atoms with Crippen molar-refractivity contribution in [3.63, 3.8) is 0 Å². The molecule has 3 heteroatoms. The summed E-state index contributed by atoms with van der Waals surface area (Å²) in [6.07, 6.45) is 0.971. The van der Waals surface area contributed by atoms with Crippen molar-refractivity contribution in [2.45, 2.75) is 12.3 Å². The third-order valence-electron chi connectivity index (χ3n) is 2.92. The molecule has 0 saturated heterocycles. The molecule has 0 aromatic heterocycles. The molecule has 0 N–H and O–H groups in total. The van der Waals surface area contributed by atoms with Crippen molar-refractivity contribution in [1.82, 2.24) is 0 Å². The monoisotopic (exact) mass is 386 g/mol. The summed E-state index contributed by atoms with van der Waals surface area (Å²) in [6.45, 7) is 0. The summed E-state index contributed by atoms with van der Waals surface area (Å²) in [5.74, 6) is 0.999. The quantitative estimate of drug-likeness (QED) is 0.583. The van der Waals surface area contributed by atoms with Gasteiger partial charge >= 0.3 is 0 Å². The maximum Gasteiger partial charge on any atom is 0.0295 e. The fourth-order valence-electron chi connectivity index (χ4n) is 1.90. The molecular weight excluding hydrogens is 375 g/mol. The van der Waals surface area contributed by atoms with E-state index in [4.69, 9.17) is 11.6 Å². The van der Waals surface area contributed by atoms with Gasteiger partial charge in [0.2, 0.25) is 0 Å². The average molecular weight is 389 g/mol. The molecule has 0 saturated carbocycles. The van der Waals surface area contributed by atoms with E-state index in [-0.39, 0.29) is 0 Å². The van der Waals surface area contributed by atoms with Gasteiger partial charge in [-0.1, -0.05) is 56.1 Å². The molecule has 94 valence electrons. The molecule has 18 heavy (non-hydrogen) atoms. The minimum atomic E-state index is 0.362. The Morgan fingerprint density at radius 1 is 0.833 bits per heavy atom. The predicted molar refractivity (Wildman–Crippen MR) is 85.4 cm³/mol. The van der Waals surface area contributed by atoms with Crippen LogP contribution < -0.4 is 0 Å². The van der Waals surface area contributed by atoms with Crippen molar-refractivity contribution in [1.29, 1.82) is 0 Å². The highest BCUT2D eigenvalue weighted by atomic mass is 79.9. The molecule has 2 aromatic rings. The molecule has 1 unspecified atom stereocenters. The van der Waals surface area contributed by atoms with Gasteiger partial charge in [-0.2, -0.15) is 0 Å². The minimum Gasteiger partial charge on any atom is -0.126 e. The summed E-state index contributed by atoms with van der Waals surface area (Å²) in [5, 5.41) is 0. The second-order valence-electron chi connectivity index (χ2n) is 4.23. The molecule has 2 aromatic carbocycles. The lowest BCUT2D eigenvalue weighted by atomic mass is 9.94. The lowest BCUT2D eigenvalue weighted by Crippen LogP contribution is -2.04. The number of hydrogen-bond acceptors (Lipinski definition) is 0. The van der Waals surface area contributed by atoms with Crippen molar-refractivity contribution < 1.29 is 0 Å². The van der Waals surface area contributed by atoms with E-state index >= 15 is 0 Å². The van der Waals surface area contributed by atoms with Crippen LogP contribution in [-0.2, 0) is 6.42 Å². The maximum atomic E-state index is 6.10. The number of alkyl halides is 1. The third-order valence-corrected chi connectivity index (χ3v) is 4.35. The third kappa shape index (κ3) is 3.84. The molecule has 0 radical (unpaired) electrons. The molecule has 2 rings (SSSR count). The van der Waals surface area contributed by atoms with Crippen molar-refractivity contribution in [3.05, 3.63) is 68.6 Å². The fourth-order valence-corrected chi connectivity index (χ4v) is 2.72. The Balaban J connectivity index is 2.14. The van der Waals surface area contributed by atoms with Gasteiger partial charge in [0.05, 0.1) is 0 Å². The van der Waals surface area contributed by atoms with Gasteiger partial charge in [0.1, 0.15) is 0 Å². The van der Waals surface area contributed by atoms with Gasteiger partial charge in [-0.15, -0.1) is 11.6 Å². The predicted octanol–water partition coefficient (Wildman–Crippen LogP) is 5.78. The summed E-state index contributed by atoms with van der Waals surface area (Å²) >= 11 is 13.0. The van der Waals surface area contributed by atoms with Gasteiger partial charge in [0, 0.05) is 20.7 Å². The highest BCUT2D eigenvalue weighted by Gasteiger charge is 2.11. The number of hydrogen-bond donors (Lipinski definition) is 0. The maximum absolute atomic E-state index is 6.10. The summed E-state index contributed by atoms with van der Waals surface area (Å²) in [4.78, 5) is 0. The number of halogens is 3. The van der Waals surface area contributed by atoms with Crippen molar-refractivity contribution in [3.8, 4) is 0 Å². The molecule has 0 bridgehead atoms. The standard InChI is InChI=1S/C15H13Br2Cl/c16-14-5-1-11(2-6-14)9-13(10-18)12-3-7-15(17)8-4-12/h1-8,13H,9-10H2. The van der Waals surface area contributed by atoms with Gasteiger partial charge in [0.15, 0.2) is 0 Å². The number of benzene rings is 2. The van der Waals surface area contributed by atoms with Crippen LogP contribution in [0, 0.1) is 0 Å². The van der Waals surface area contributed by atoms with Crippen LogP contribution in [0.15, 0.2) is 57.5 Å². The van der Waals surface area contributed by atoms with Crippen LogP contribution in [-0.4, -0.2) is 5.88 Å². The van der Waals surface area contributed by atoms with Crippen LogP contribution in [0.25, 0.3) is 0 Å². The minimum absolute atomic E-state index is 0.362. The highest BCUT2D eigenvalue weighted by molar-refractivity contribution is 9.10. The van der Waals surface area contributed by atoms with Gasteiger partial charge in [-0.25, -0.2) is 0 Å². The molecule has 0 fully saturated rings. The molecule has 0 nitrogen and oxygen atoms in total. The van der Waals surface area contributed by atoms with Gasteiger partial charge in [-0.3, -0.25) is 0 Å². The van der Waals surface area contributed by atoms with Crippen LogP contribution in [0.1, 0.15) is 17.0 Å². The zero-order chi connectivity index (χ0) is 13.0. The zero-order valence-corrected chi connectivity index (χ0v) is 13.7. The van der Waals surface area contributed by atoms with E-state index in [1.807, 2.05) is 0 Å². The number of rotatable bonds is 4. The normalized spacial score (nSPS) is 12.4. The lowest BCUT2D eigenvalue weighted by Gasteiger charge is -2.14. The Hall–Kier alpha value is -0.310. The Morgan fingerprint density at radius 2 is 1.33 bits per heavy atom.